The molecule has 1 saturated carbocycles. The van der Waals surface area contributed by atoms with Crippen LogP contribution in [0.2, 0.25) is 0 Å². The summed E-state index contributed by atoms with van der Waals surface area (Å²) in [5.41, 5.74) is 2.66. The zero-order valence-corrected chi connectivity index (χ0v) is 15.2. The second kappa shape index (κ2) is 6.13. The smallest absolute Gasteiger partial charge is 0.335 e. The molecule has 0 bridgehead atoms. The van der Waals surface area contributed by atoms with E-state index in [1.54, 1.807) is 16.4 Å². The van der Waals surface area contributed by atoms with Gasteiger partial charge >= 0.3 is 5.97 Å². The van der Waals surface area contributed by atoms with Crippen LogP contribution in [-0.2, 0) is 21.2 Å². The Morgan fingerprint density at radius 3 is 2.35 bits per heavy atom. The quantitative estimate of drug-likeness (QED) is 0.892. The summed E-state index contributed by atoms with van der Waals surface area (Å²) in [5, 5.41) is 8.98. The molecule has 0 radical (unpaired) electrons. The summed E-state index contributed by atoms with van der Waals surface area (Å²) in [7, 11) is -3.54. The van der Waals surface area contributed by atoms with Crippen molar-refractivity contribution in [1.29, 1.82) is 0 Å². The fourth-order valence-electron chi connectivity index (χ4n) is 4.34. The molecule has 1 spiro atoms. The lowest BCUT2D eigenvalue weighted by Crippen LogP contribution is -2.36. The number of rotatable bonds is 4. The molecule has 26 heavy (non-hydrogen) atoms. The normalized spacial score (nSPS) is 18.2. The predicted molar refractivity (Wildman–Crippen MR) is 100.0 cm³/mol. The average Bonchev–Trinajstić information content (AvgIpc) is 3.22. The number of carboxylic acid groups (broad SMARTS) is 1. The van der Waals surface area contributed by atoms with Crippen LogP contribution in [0, 0.1) is 0 Å². The Labute approximate surface area is 153 Å². The lowest BCUT2D eigenvalue weighted by molar-refractivity contribution is 0.0697. The van der Waals surface area contributed by atoms with E-state index in [2.05, 4.69) is 6.07 Å². The van der Waals surface area contributed by atoms with Gasteiger partial charge in [0.2, 0.25) is 10.0 Å². The van der Waals surface area contributed by atoms with Crippen molar-refractivity contribution in [3.63, 3.8) is 0 Å². The third kappa shape index (κ3) is 2.78. The number of carboxylic acids is 1. The highest BCUT2D eigenvalue weighted by molar-refractivity contribution is 7.92. The van der Waals surface area contributed by atoms with Crippen LogP contribution < -0.4 is 4.31 Å². The van der Waals surface area contributed by atoms with Crippen LogP contribution in [0.15, 0.2) is 48.5 Å². The van der Waals surface area contributed by atoms with Gasteiger partial charge in [0, 0.05) is 12.0 Å². The minimum absolute atomic E-state index is 0.0448. The number of nitrogens with zero attached hydrogens (tertiary/aromatic N) is 1. The first-order chi connectivity index (χ1) is 12.4. The Hall–Kier alpha value is -2.34. The highest BCUT2D eigenvalue weighted by Crippen LogP contribution is 2.51. The SMILES string of the molecule is O=C(O)c1ccc(CS(=O)(=O)N2CC3(CCCC3)c3ccccc32)cc1. The van der Waals surface area contributed by atoms with E-state index in [0.717, 1.165) is 36.9 Å². The van der Waals surface area contributed by atoms with Gasteiger partial charge in [-0.15, -0.1) is 0 Å². The average molecular weight is 371 g/mol. The summed E-state index contributed by atoms with van der Waals surface area (Å²) < 4.78 is 27.8. The molecule has 0 saturated heterocycles. The molecule has 1 N–H and O–H groups in total. The summed E-state index contributed by atoms with van der Waals surface area (Å²) in [6, 6.07) is 13.9. The van der Waals surface area contributed by atoms with Crippen molar-refractivity contribution in [2.75, 3.05) is 10.8 Å². The molecule has 1 heterocycles. The largest absolute Gasteiger partial charge is 0.478 e. The zero-order valence-electron chi connectivity index (χ0n) is 14.4. The number of fused-ring (bicyclic) bond motifs is 2. The minimum Gasteiger partial charge on any atom is -0.478 e. The predicted octanol–water partition coefficient (Wildman–Crippen LogP) is 3.55. The Morgan fingerprint density at radius 1 is 1.04 bits per heavy atom. The molecule has 0 atom stereocenters. The van der Waals surface area contributed by atoms with Gasteiger partial charge in [-0.1, -0.05) is 43.2 Å². The molecule has 5 nitrogen and oxygen atoms in total. The number of anilines is 1. The van der Waals surface area contributed by atoms with Crippen molar-refractivity contribution < 1.29 is 18.3 Å². The van der Waals surface area contributed by atoms with Crippen molar-refractivity contribution in [3.8, 4) is 0 Å². The van der Waals surface area contributed by atoms with E-state index in [9.17, 15) is 13.2 Å². The maximum atomic E-state index is 13.1. The van der Waals surface area contributed by atoms with Gasteiger partial charge in [0.25, 0.3) is 0 Å². The van der Waals surface area contributed by atoms with E-state index in [0.29, 0.717) is 12.1 Å². The summed E-state index contributed by atoms with van der Waals surface area (Å²) in [4.78, 5) is 11.0. The topological polar surface area (TPSA) is 74.7 Å². The molecule has 0 amide bonds. The van der Waals surface area contributed by atoms with E-state index >= 15 is 0 Å². The monoisotopic (exact) mass is 371 g/mol. The molecular formula is C20H21NO4S. The Morgan fingerprint density at radius 2 is 1.69 bits per heavy atom. The zero-order chi connectivity index (χ0) is 18.4. The molecule has 1 fully saturated rings. The van der Waals surface area contributed by atoms with Crippen molar-refractivity contribution in [2.24, 2.45) is 0 Å². The molecule has 6 heteroatoms. The molecule has 1 aliphatic carbocycles. The van der Waals surface area contributed by atoms with E-state index in [1.807, 2.05) is 18.2 Å². The van der Waals surface area contributed by atoms with E-state index < -0.39 is 16.0 Å². The van der Waals surface area contributed by atoms with E-state index in [1.165, 1.54) is 12.1 Å². The molecule has 2 aliphatic rings. The van der Waals surface area contributed by atoms with Gasteiger partial charge in [-0.3, -0.25) is 4.31 Å². The van der Waals surface area contributed by atoms with Crippen LogP contribution >= 0.6 is 0 Å². The van der Waals surface area contributed by atoms with Gasteiger partial charge in [-0.05, 0) is 42.2 Å². The number of sulfonamides is 1. The first kappa shape index (κ1) is 17.1. The molecule has 0 aromatic heterocycles. The highest BCUT2D eigenvalue weighted by Gasteiger charge is 2.47. The van der Waals surface area contributed by atoms with Crippen LogP contribution in [0.3, 0.4) is 0 Å². The molecule has 0 unspecified atom stereocenters. The van der Waals surface area contributed by atoms with Crippen molar-refractivity contribution in [3.05, 3.63) is 65.2 Å². The number of hydrogen-bond acceptors (Lipinski definition) is 3. The summed E-state index contributed by atoms with van der Waals surface area (Å²) >= 11 is 0. The molecule has 4 rings (SSSR count). The standard InChI is InChI=1S/C20H21NO4S/c22-19(23)16-9-7-15(8-10-16)13-26(24,25)21-14-20(11-3-4-12-20)17-5-1-2-6-18(17)21/h1-2,5-10H,3-4,11-14H2,(H,22,23). The van der Waals surface area contributed by atoms with Gasteiger partial charge < -0.3 is 5.11 Å². The third-order valence-electron chi connectivity index (χ3n) is 5.64. The van der Waals surface area contributed by atoms with E-state index in [-0.39, 0.29) is 16.7 Å². The van der Waals surface area contributed by atoms with Crippen LogP contribution in [0.5, 0.6) is 0 Å². The first-order valence-electron chi connectivity index (χ1n) is 8.84. The maximum absolute atomic E-state index is 13.1. The third-order valence-corrected chi connectivity index (χ3v) is 7.33. The lowest BCUT2D eigenvalue weighted by Gasteiger charge is -2.25. The molecule has 2 aromatic rings. The van der Waals surface area contributed by atoms with Crippen molar-refractivity contribution >= 4 is 21.7 Å². The van der Waals surface area contributed by atoms with Crippen LogP contribution in [-0.4, -0.2) is 26.0 Å². The fourth-order valence-corrected chi connectivity index (χ4v) is 6.02. The number of hydrogen-bond donors (Lipinski definition) is 1. The maximum Gasteiger partial charge on any atom is 0.335 e. The minimum atomic E-state index is -3.54. The van der Waals surface area contributed by atoms with Crippen molar-refractivity contribution in [1.82, 2.24) is 0 Å². The number of carbonyl (C=O) groups is 1. The highest BCUT2D eigenvalue weighted by atomic mass is 32.2. The van der Waals surface area contributed by atoms with Gasteiger partial charge in [0.15, 0.2) is 0 Å². The summed E-state index contributed by atoms with van der Waals surface area (Å²) in [5.74, 6) is -1.15. The fraction of sp³-hybridized carbons (Fsp3) is 0.350. The summed E-state index contributed by atoms with van der Waals surface area (Å²) in [6.07, 6.45) is 4.34. The molecular weight excluding hydrogens is 350 g/mol. The van der Waals surface area contributed by atoms with Crippen LogP contribution in [0.4, 0.5) is 5.69 Å². The summed E-state index contributed by atoms with van der Waals surface area (Å²) in [6.45, 7) is 0.516. The lowest BCUT2D eigenvalue weighted by atomic mass is 9.81. The second-order valence-corrected chi connectivity index (χ2v) is 9.16. The first-order valence-corrected chi connectivity index (χ1v) is 10.4. The van der Waals surface area contributed by atoms with Crippen LogP contribution in [0.25, 0.3) is 0 Å². The van der Waals surface area contributed by atoms with Gasteiger partial charge in [-0.25, -0.2) is 13.2 Å². The van der Waals surface area contributed by atoms with Crippen molar-refractivity contribution in [2.45, 2.75) is 36.9 Å². The number of benzene rings is 2. The number of aromatic carboxylic acids is 1. The molecule has 136 valence electrons. The second-order valence-electron chi connectivity index (χ2n) is 7.27. The Kier molecular flexibility index (Phi) is 4.03. The van der Waals surface area contributed by atoms with Gasteiger partial charge in [0.05, 0.1) is 17.0 Å². The van der Waals surface area contributed by atoms with Gasteiger partial charge in [0.1, 0.15) is 0 Å². The Balaban J connectivity index is 1.65. The molecule has 2 aromatic carbocycles. The van der Waals surface area contributed by atoms with Crippen LogP contribution in [0.1, 0.15) is 47.2 Å². The van der Waals surface area contributed by atoms with Gasteiger partial charge in [-0.2, -0.15) is 0 Å². The number of para-hydroxylation sites is 1. The Bertz CT molecular complexity index is 944. The molecule has 1 aliphatic heterocycles. The van der Waals surface area contributed by atoms with E-state index in [4.69, 9.17) is 5.11 Å².